The van der Waals surface area contributed by atoms with Crippen molar-refractivity contribution in [2.24, 2.45) is 0 Å². The highest BCUT2D eigenvalue weighted by molar-refractivity contribution is 5.49. The molecule has 1 saturated heterocycles. The molecule has 7 nitrogen and oxygen atoms in total. The molecule has 7 heteroatoms. The zero-order valence-electron chi connectivity index (χ0n) is 16.5. The van der Waals surface area contributed by atoms with Gasteiger partial charge in [0.05, 0.1) is 7.11 Å². The summed E-state index contributed by atoms with van der Waals surface area (Å²) in [6.07, 6.45) is 7.11. The van der Waals surface area contributed by atoms with Gasteiger partial charge >= 0.3 is 0 Å². The maximum Gasteiger partial charge on any atom is 0.219 e. The minimum atomic E-state index is 0.547. The Balaban J connectivity index is 1.38. The van der Waals surface area contributed by atoms with E-state index in [0.717, 1.165) is 36.0 Å². The van der Waals surface area contributed by atoms with Crippen LogP contribution in [0.15, 0.2) is 55.0 Å². The van der Waals surface area contributed by atoms with Crippen LogP contribution in [0.2, 0.25) is 0 Å². The molecule has 3 aromatic rings. The Hall–Kier alpha value is -3.35. The summed E-state index contributed by atoms with van der Waals surface area (Å²) in [5.74, 6) is 3.85. The van der Waals surface area contributed by atoms with Crippen LogP contribution in [0.1, 0.15) is 24.8 Å². The molecule has 0 radical (unpaired) electrons. The zero-order valence-corrected chi connectivity index (χ0v) is 16.5. The standard InChI is InChI=1S/C22H25N5O2/c1-28-18-5-7-19(8-6-18)29-22-13-17(9-10-23-22)15-24-20-14-21(26-16-25-20)27-11-3-2-4-12-27/h5-10,13-14,16H,2-4,11-12,15H2,1H3,(H,24,25,26). The van der Waals surface area contributed by atoms with Crippen LogP contribution in [0, 0.1) is 0 Å². The number of benzene rings is 1. The number of ether oxygens (including phenoxy) is 2. The Labute approximate surface area is 170 Å². The Kier molecular flexibility index (Phi) is 6.04. The van der Waals surface area contributed by atoms with Crippen molar-refractivity contribution in [2.45, 2.75) is 25.8 Å². The highest BCUT2D eigenvalue weighted by Crippen LogP contribution is 2.23. The van der Waals surface area contributed by atoms with Gasteiger partial charge in [-0.3, -0.25) is 0 Å². The predicted molar refractivity (Wildman–Crippen MR) is 113 cm³/mol. The lowest BCUT2D eigenvalue weighted by molar-refractivity contribution is 0.412. The molecule has 150 valence electrons. The predicted octanol–water partition coefficient (Wildman–Crippen LogP) is 4.27. The fourth-order valence-corrected chi connectivity index (χ4v) is 3.31. The van der Waals surface area contributed by atoms with Gasteiger partial charge in [-0.1, -0.05) is 0 Å². The fraction of sp³-hybridized carbons (Fsp3) is 0.318. The fourth-order valence-electron chi connectivity index (χ4n) is 3.31. The first kappa shape index (κ1) is 19.0. The van der Waals surface area contributed by atoms with Gasteiger partial charge in [-0.15, -0.1) is 0 Å². The van der Waals surface area contributed by atoms with Gasteiger partial charge in [-0.05, 0) is 55.2 Å². The molecule has 2 aromatic heterocycles. The minimum Gasteiger partial charge on any atom is -0.497 e. The number of nitrogens with zero attached hydrogens (tertiary/aromatic N) is 4. The molecule has 1 aliphatic rings. The zero-order chi connectivity index (χ0) is 19.9. The normalized spacial score (nSPS) is 13.8. The van der Waals surface area contributed by atoms with E-state index in [1.165, 1.54) is 19.3 Å². The van der Waals surface area contributed by atoms with Crippen LogP contribution in [-0.2, 0) is 6.54 Å². The van der Waals surface area contributed by atoms with E-state index in [1.807, 2.05) is 42.5 Å². The molecule has 0 bridgehead atoms. The van der Waals surface area contributed by atoms with Crippen LogP contribution in [0.3, 0.4) is 0 Å². The molecule has 4 rings (SSSR count). The van der Waals surface area contributed by atoms with Gasteiger partial charge in [0.25, 0.3) is 0 Å². The van der Waals surface area contributed by atoms with E-state index in [-0.39, 0.29) is 0 Å². The van der Waals surface area contributed by atoms with Gasteiger partial charge in [0.15, 0.2) is 0 Å². The lowest BCUT2D eigenvalue weighted by atomic mass is 10.1. The van der Waals surface area contributed by atoms with E-state index >= 15 is 0 Å². The van der Waals surface area contributed by atoms with E-state index in [2.05, 4.69) is 25.2 Å². The van der Waals surface area contributed by atoms with Crippen LogP contribution < -0.4 is 19.7 Å². The lowest BCUT2D eigenvalue weighted by Gasteiger charge is -2.27. The first-order valence-electron chi connectivity index (χ1n) is 9.88. The number of methoxy groups -OCH3 is 1. The van der Waals surface area contributed by atoms with E-state index in [1.54, 1.807) is 19.6 Å². The average Bonchev–Trinajstić information content (AvgIpc) is 2.79. The molecule has 0 spiro atoms. The van der Waals surface area contributed by atoms with Crippen LogP contribution in [0.5, 0.6) is 17.4 Å². The van der Waals surface area contributed by atoms with E-state index in [4.69, 9.17) is 9.47 Å². The molecule has 3 heterocycles. The Bertz CT molecular complexity index is 926. The molecule has 29 heavy (non-hydrogen) atoms. The van der Waals surface area contributed by atoms with Crippen LogP contribution in [-0.4, -0.2) is 35.2 Å². The highest BCUT2D eigenvalue weighted by Gasteiger charge is 2.12. The van der Waals surface area contributed by atoms with Crippen molar-refractivity contribution in [3.8, 4) is 17.4 Å². The summed E-state index contributed by atoms with van der Waals surface area (Å²) in [5, 5.41) is 3.37. The number of rotatable bonds is 7. The Morgan fingerprint density at radius 2 is 1.72 bits per heavy atom. The smallest absolute Gasteiger partial charge is 0.219 e. The number of aromatic nitrogens is 3. The summed E-state index contributed by atoms with van der Waals surface area (Å²) < 4.78 is 11.0. The Morgan fingerprint density at radius 3 is 2.52 bits per heavy atom. The SMILES string of the molecule is COc1ccc(Oc2cc(CNc3cc(N4CCCCC4)ncn3)ccn2)cc1. The van der Waals surface area contributed by atoms with Crippen molar-refractivity contribution in [1.82, 2.24) is 15.0 Å². The van der Waals surface area contributed by atoms with Gasteiger partial charge < -0.3 is 19.7 Å². The molecule has 0 atom stereocenters. The van der Waals surface area contributed by atoms with Crippen molar-refractivity contribution in [3.63, 3.8) is 0 Å². The van der Waals surface area contributed by atoms with Crippen molar-refractivity contribution >= 4 is 11.6 Å². The van der Waals surface area contributed by atoms with Gasteiger partial charge in [-0.25, -0.2) is 15.0 Å². The molecule has 1 aliphatic heterocycles. The van der Waals surface area contributed by atoms with E-state index < -0.39 is 0 Å². The van der Waals surface area contributed by atoms with Gasteiger partial charge in [0.2, 0.25) is 5.88 Å². The summed E-state index contributed by atoms with van der Waals surface area (Å²) in [6.45, 7) is 2.75. The number of hydrogen-bond acceptors (Lipinski definition) is 7. The number of nitrogens with one attached hydrogen (secondary N) is 1. The summed E-state index contributed by atoms with van der Waals surface area (Å²) in [5.41, 5.74) is 1.06. The van der Waals surface area contributed by atoms with Crippen molar-refractivity contribution in [1.29, 1.82) is 0 Å². The number of anilines is 2. The monoisotopic (exact) mass is 391 g/mol. The summed E-state index contributed by atoms with van der Waals surface area (Å²) >= 11 is 0. The van der Waals surface area contributed by atoms with Crippen LogP contribution in [0.25, 0.3) is 0 Å². The first-order chi connectivity index (χ1) is 14.3. The van der Waals surface area contributed by atoms with Crippen molar-refractivity contribution in [2.75, 3.05) is 30.4 Å². The lowest BCUT2D eigenvalue weighted by Crippen LogP contribution is -2.30. The third-order valence-corrected chi connectivity index (χ3v) is 4.89. The molecule has 0 aliphatic carbocycles. The molecule has 0 saturated carbocycles. The van der Waals surface area contributed by atoms with Crippen LogP contribution >= 0.6 is 0 Å². The largest absolute Gasteiger partial charge is 0.497 e. The Morgan fingerprint density at radius 1 is 0.931 bits per heavy atom. The van der Waals surface area contributed by atoms with Gasteiger partial charge in [-0.2, -0.15) is 0 Å². The minimum absolute atomic E-state index is 0.547. The molecule has 0 unspecified atom stereocenters. The van der Waals surface area contributed by atoms with Crippen molar-refractivity contribution < 1.29 is 9.47 Å². The van der Waals surface area contributed by atoms with E-state index in [0.29, 0.717) is 18.2 Å². The second kappa shape index (κ2) is 9.23. The molecular weight excluding hydrogens is 366 g/mol. The van der Waals surface area contributed by atoms with Crippen molar-refractivity contribution in [3.05, 3.63) is 60.6 Å². The number of hydrogen-bond donors (Lipinski definition) is 1. The maximum atomic E-state index is 5.84. The number of piperidine rings is 1. The second-order valence-electron chi connectivity index (χ2n) is 6.94. The number of pyridine rings is 1. The van der Waals surface area contributed by atoms with Crippen LogP contribution in [0.4, 0.5) is 11.6 Å². The third kappa shape index (κ3) is 5.13. The maximum absolute atomic E-state index is 5.84. The van der Waals surface area contributed by atoms with Gasteiger partial charge in [0, 0.05) is 38.0 Å². The van der Waals surface area contributed by atoms with Gasteiger partial charge in [0.1, 0.15) is 29.5 Å². The third-order valence-electron chi connectivity index (χ3n) is 4.89. The quantitative estimate of drug-likeness (QED) is 0.644. The molecule has 1 fully saturated rings. The molecule has 1 N–H and O–H groups in total. The highest BCUT2D eigenvalue weighted by atomic mass is 16.5. The first-order valence-corrected chi connectivity index (χ1v) is 9.88. The molecular formula is C22H25N5O2. The summed E-state index contributed by atoms with van der Waals surface area (Å²) in [6, 6.07) is 13.3. The summed E-state index contributed by atoms with van der Waals surface area (Å²) in [7, 11) is 1.64. The topological polar surface area (TPSA) is 72.4 Å². The second-order valence-corrected chi connectivity index (χ2v) is 6.94. The van der Waals surface area contributed by atoms with E-state index in [9.17, 15) is 0 Å². The molecule has 1 aromatic carbocycles. The average molecular weight is 391 g/mol. The summed E-state index contributed by atoms with van der Waals surface area (Å²) in [4.78, 5) is 15.4. The molecule has 0 amide bonds.